The maximum atomic E-state index is 12.8. The van der Waals surface area contributed by atoms with Gasteiger partial charge in [0, 0.05) is 13.1 Å². The van der Waals surface area contributed by atoms with E-state index in [-0.39, 0.29) is 10.8 Å². The lowest BCUT2D eigenvalue weighted by atomic mass is 10.0. The molecule has 2 aliphatic heterocycles. The monoisotopic (exact) mass is 366 g/mol. The molecule has 0 unspecified atom stereocenters. The molecule has 0 aromatic heterocycles. The summed E-state index contributed by atoms with van der Waals surface area (Å²) in [6.45, 7) is 5.29. The minimum atomic E-state index is -3.54. The number of hydrogen-bond donors (Lipinski definition) is 1. The van der Waals surface area contributed by atoms with Gasteiger partial charge < -0.3 is 10.1 Å². The molecule has 0 radical (unpaired) electrons. The maximum Gasteiger partial charge on any atom is 0.265 e. The molecule has 0 spiro atoms. The van der Waals surface area contributed by atoms with Crippen LogP contribution in [-0.2, 0) is 14.8 Å². The van der Waals surface area contributed by atoms with Crippen molar-refractivity contribution in [2.75, 3.05) is 18.4 Å². The molecule has 6 nitrogen and oxygen atoms in total. The highest BCUT2D eigenvalue weighted by molar-refractivity contribution is 7.89. The normalized spacial score (nSPS) is 22.2. The van der Waals surface area contributed by atoms with Gasteiger partial charge in [-0.25, -0.2) is 8.42 Å². The van der Waals surface area contributed by atoms with E-state index in [1.165, 1.54) is 10.4 Å². The molecule has 0 bridgehead atoms. The Morgan fingerprint density at radius 1 is 1.28 bits per heavy atom. The van der Waals surface area contributed by atoms with E-state index >= 15 is 0 Å². The highest BCUT2D eigenvalue weighted by Gasteiger charge is 2.31. The molecular weight excluding hydrogens is 340 g/mol. The van der Waals surface area contributed by atoms with Gasteiger partial charge in [0.2, 0.25) is 10.0 Å². The van der Waals surface area contributed by atoms with Crippen molar-refractivity contribution in [3.05, 3.63) is 18.2 Å². The zero-order valence-corrected chi connectivity index (χ0v) is 15.6. The van der Waals surface area contributed by atoms with Crippen molar-refractivity contribution in [2.45, 2.75) is 57.0 Å². The summed E-state index contributed by atoms with van der Waals surface area (Å²) in [7, 11) is -3.54. The lowest BCUT2D eigenvalue weighted by Crippen LogP contribution is -2.38. The van der Waals surface area contributed by atoms with Crippen LogP contribution >= 0.6 is 0 Å². The number of piperidine rings is 1. The van der Waals surface area contributed by atoms with Gasteiger partial charge in [0.1, 0.15) is 5.75 Å². The number of fused-ring (bicyclic) bond motifs is 1. The molecule has 2 heterocycles. The van der Waals surface area contributed by atoms with Crippen LogP contribution in [-0.4, -0.2) is 37.8 Å². The maximum absolute atomic E-state index is 12.8. The number of hydrogen-bond acceptors (Lipinski definition) is 4. The van der Waals surface area contributed by atoms with Crippen LogP contribution in [0.4, 0.5) is 5.69 Å². The summed E-state index contributed by atoms with van der Waals surface area (Å²) in [5.74, 6) is 0.886. The topological polar surface area (TPSA) is 75.7 Å². The number of nitrogens with one attached hydrogen (secondary N) is 1. The van der Waals surface area contributed by atoms with Gasteiger partial charge in [-0.1, -0.05) is 20.3 Å². The van der Waals surface area contributed by atoms with Crippen molar-refractivity contribution >= 4 is 21.6 Å². The summed E-state index contributed by atoms with van der Waals surface area (Å²) < 4.78 is 33.0. The van der Waals surface area contributed by atoms with Crippen molar-refractivity contribution in [3.63, 3.8) is 0 Å². The van der Waals surface area contributed by atoms with Crippen LogP contribution in [0.25, 0.3) is 0 Å². The number of anilines is 1. The molecule has 7 heteroatoms. The van der Waals surface area contributed by atoms with Gasteiger partial charge in [-0.2, -0.15) is 4.31 Å². The predicted molar refractivity (Wildman–Crippen MR) is 96.2 cm³/mol. The molecular formula is C18H26N2O4S. The molecule has 1 aromatic rings. The first-order valence-corrected chi connectivity index (χ1v) is 10.5. The Kier molecular flexibility index (Phi) is 5.34. The molecule has 25 heavy (non-hydrogen) atoms. The smallest absolute Gasteiger partial charge is 0.265 e. The van der Waals surface area contributed by atoms with Crippen LogP contribution in [0.15, 0.2) is 23.1 Å². The van der Waals surface area contributed by atoms with Gasteiger partial charge in [0.25, 0.3) is 5.91 Å². The SMILES string of the molecule is CCCC[C@H]1Oc2ccc(S(=O)(=O)N3CCC(C)CC3)cc2NC1=O. The van der Waals surface area contributed by atoms with Crippen LogP contribution < -0.4 is 10.1 Å². The molecule has 0 saturated carbocycles. The number of unbranched alkanes of at least 4 members (excludes halogenated alkanes) is 1. The number of nitrogens with zero attached hydrogens (tertiary/aromatic N) is 1. The fraction of sp³-hybridized carbons (Fsp3) is 0.611. The molecule has 2 aliphatic rings. The van der Waals surface area contributed by atoms with E-state index in [9.17, 15) is 13.2 Å². The van der Waals surface area contributed by atoms with Gasteiger partial charge in [0.15, 0.2) is 6.10 Å². The first-order valence-electron chi connectivity index (χ1n) is 9.03. The Balaban J connectivity index is 1.80. The number of benzene rings is 1. The zero-order chi connectivity index (χ0) is 18.0. The number of carbonyl (C=O) groups is 1. The van der Waals surface area contributed by atoms with Crippen molar-refractivity contribution < 1.29 is 17.9 Å². The summed E-state index contributed by atoms with van der Waals surface area (Å²) in [6, 6.07) is 4.73. The Morgan fingerprint density at radius 3 is 2.68 bits per heavy atom. The highest BCUT2D eigenvalue weighted by atomic mass is 32.2. The molecule has 3 rings (SSSR count). The van der Waals surface area contributed by atoms with Crippen LogP contribution in [0.5, 0.6) is 5.75 Å². The van der Waals surface area contributed by atoms with E-state index in [0.717, 1.165) is 25.7 Å². The second kappa shape index (κ2) is 7.33. The quantitative estimate of drug-likeness (QED) is 0.869. The number of rotatable bonds is 5. The average Bonchev–Trinajstić information content (AvgIpc) is 2.59. The summed E-state index contributed by atoms with van der Waals surface area (Å²) in [6.07, 6.45) is 3.82. The van der Waals surface area contributed by atoms with Crippen LogP contribution in [0, 0.1) is 5.92 Å². The van der Waals surface area contributed by atoms with E-state index in [4.69, 9.17) is 4.74 Å². The second-order valence-corrected chi connectivity index (χ2v) is 8.92. The van der Waals surface area contributed by atoms with Crippen molar-refractivity contribution in [3.8, 4) is 5.75 Å². The predicted octanol–water partition coefficient (Wildman–Crippen LogP) is 3.00. The van der Waals surface area contributed by atoms with E-state index in [1.54, 1.807) is 12.1 Å². The van der Waals surface area contributed by atoms with Crippen molar-refractivity contribution in [2.24, 2.45) is 5.92 Å². The Labute approximate surface area is 149 Å². The lowest BCUT2D eigenvalue weighted by molar-refractivity contribution is -0.123. The largest absolute Gasteiger partial charge is 0.478 e. The number of ether oxygens (including phenoxy) is 1. The molecule has 1 aromatic carbocycles. The third kappa shape index (κ3) is 3.82. The fourth-order valence-corrected chi connectivity index (χ4v) is 4.74. The summed E-state index contributed by atoms with van der Waals surface area (Å²) >= 11 is 0. The van der Waals surface area contributed by atoms with Crippen LogP contribution in [0.3, 0.4) is 0 Å². The Hall–Kier alpha value is -1.60. The van der Waals surface area contributed by atoms with Gasteiger partial charge in [-0.15, -0.1) is 0 Å². The zero-order valence-electron chi connectivity index (χ0n) is 14.8. The minimum absolute atomic E-state index is 0.205. The molecule has 1 fully saturated rings. The third-order valence-corrected chi connectivity index (χ3v) is 6.87. The van der Waals surface area contributed by atoms with Gasteiger partial charge in [-0.05, 0) is 49.8 Å². The summed E-state index contributed by atoms with van der Waals surface area (Å²) in [4.78, 5) is 12.4. The second-order valence-electron chi connectivity index (χ2n) is 6.98. The molecule has 138 valence electrons. The highest BCUT2D eigenvalue weighted by Crippen LogP contribution is 2.34. The standard InChI is InChI=1S/C18H26N2O4S/c1-3-4-5-17-18(21)19-15-12-14(6-7-16(15)24-17)25(22,23)20-10-8-13(2)9-11-20/h6-7,12-13,17H,3-5,8-11H2,1-2H3,(H,19,21)/t17-/m1/s1. The van der Waals surface area contributed by atoms with Gasteiger partial charge >= 0.3 is 0 Å². The Bertz CT molecular complexity index is 739. The summed E-state index contributed by atoms with van der Waals surface area (Å²) in [5.41, 5.74) is 0.434. The molecule has 1 atom stereocenters. The Morgan fingerprint density at radius 2 is 2.00 bits per heavy atom. The molecule has 1 N–H and O–H groups in total. The molecule has 1 amide bonds. The number of sulfonamides is 1. The number of carbonyl (C=O) groups excluding carboxylic acids is 1. The van der Waals surface area contributed by atoms with E-state index in [2.05, 4.69) is 19.2 Å². The minimum Gasteiger partial charge on any atom is -0.478 e. The molecule has 0 aliphatic carbocycles. The number of amides is 1. The fourth-order valence-electron chi connectivity index (χ4n) is 3.24. The van der Waals surface area contributed by atoms with Crippen molar-refractivity contribution in [1.82, 2.24) is 4.31 Å². The van der Waals surface area contributed by atoms with Gasteiger partial charge in [0.05, 0.1) is 10.6 Å². The van der Waals surface area contributed by atoms with Crippen LogP contribution in [0.1, 0.15) is 46.0 Å². The summed E-state index contributed by atoms with van der Waals surface area (Å²) in [5, 5.41) is 2.79. The van der Waals surface area contributed by atoms with Crippen molar-refractivity contribution in [1.29, 1.82) is 0 Å². The van der Waals surface area contributed by atoms with Crippen LogP contribution in [0.2, 0.25) is 0 Å². The first kappa shape index (κ1) is 18.2. The lowest BCUT2D eigenvalue weighted by Gasteiger charge is -2.30. The van der Waals surface area contributed by atoms with E-state index in [1.807, 2.05) is 0 Å². The van der Waals surface area contributed by atoms with E-state index < -0.39 is 16.1 Å². The van der Waals surface area contributed by atoms with Gasteiger partial charge in [-0.3, -0.25) is 4.79 Å². The third-order valence-electron chi connectivity index (χ3n) is 4.97. The first-order chi connectivity index (χ1) is 11.9. The average molecular weight is 366 g/mol. The molecule has 1 saturated heterocycles. The van der Waals surface area contributed by atoms with E-state index in [0.29, 0.717) is 36.9 Å².